The van der Waals surface area contributed by atoms with Gasteiger partial charge in [-0.3, -0.25) is 0 Å². The maximum Gasteiger partial charge on any atom is 0.402 e. The molecule has 42 heavy (non-hydrogen) atoms. The van der Waals surface area contributed by atoms with E-state index >= 15 is 0 Å². The molecule has 2 aliphatic heterocycles. The number of phenols is 5. The minimum atomic E-state index is -1.90. The Kier molecular flexibility index (Phi) is 8.17. The first-order valence-corrected chi connectivity index (χ1v) is 12.6. The molecular formula is C26H29O16+. The van der Waals surface area contributed by atoms with E-state index in [-0.39, 0.29) is 33.8 Å². The molecule has 9 atom stereocenters. The molecule has 2 fully saturated rings. The summed E-state index contributed by atoms with van der Waals surface area (Å²) in [4.78, 5) is 0. The predicted molar refractivity (Wildman–Crippen MR) is 135 cm³/mol. The quantitative estimate of drug-likeness (QED) is 0.115. The summed E-state index contributed by atoms with van der Waals surface area (Å²) in [6, 6.07) is 5.38. The van der Waals surface area contributed by atoms with Crippen molar-refractivity contribution in [2.24, 2.45) is 0 Å². The Hall–Kier alpha value is -3.71. The van der Waals surface area contributed by atoms with Crippen LogP contribution in [-0.2, 0) is 14.2 Å². The molecule has 3 heterocycles. The zero-order valence-corrected chi connectivity index (χ0v) is 21.5. The fourth-order valence-electron chi connectivity index (χ4n) is 4.71. The van der Waals surface area contributed by atoms with Gasteiger partial charge in [-0.2, -0.15) is 0 Å². The molecule has 0 amide bonds. The number of rotatable bonds is 6. The van der Waals surface area contributed by atoms with Crippen molar-refractivity contribution in [2.45, 2.75) is 55.3 Å². The molecule has 0 radical (unpaired) electrons. The van der Waals surface area contributed by atoms with Gasteiger partial charge in [-0.1, -0.05) is 0 Å². The third-order valence-corrected chi connectivity index (χ3v) is 6.96. The molecule has 0 saturated carbocycles. The number of fused-ring (bicyclic) bond motifs is 1. The average Bonchev–Trinajstić information content (AvgIpc) is 2.95. The van der Waals surface area contributed by atoms with Crippen LogP contribution in [0.3, 0.4) is 0 Å². The van der Waals surface area contributed by atoms with Crippen molar-refractivity contribution in [3.8, 4) is 45.8 Å². The van der Waals surface area contributed by atoms with Crippen LogP contribution in [0.2, 0.25) is 0 Å². The van der Waals surface area contributed by atoms with E-state index in [2.05, 4.69) is 0 Å². The van der Waals surface area contributed by atoms with Crippen LogP contribution in [-0.4, -0.2) is 125 Å². The standard InChI is InChI=1S/C26H28O16/c27-6-17-24(42-25-21(36)19(34)14(32)7-38-25)20(35)22(37)26(41-17)40-16-5-10-11(29)3-9(28)4-15(10)39-23(16)8-1-12(30)18(33)13(31)2-8/h1-5,14,17,19-22,24-27,32,34-37H,6-7H2,(H4-,28,29,30,31,33)/p+1/t14-,17-,19+,20-,21-,22-,24-,25+,26-/m1/s1. The van der Waals surface area contributed by atoms with Crippen LogP contribution >= 0.6 is 0 Å². The second-order valence-corrected chi connectivity index (χ2v) is 9.86. The van der Waals surface area contributed by atoms with Gasteiger partial charge in [0.1, 0.15) is 59.6 Å². The van der Waals surface area contributed by atoms with Crippen molar-refractivity contribution >= 4 is 11.0 Å². The summed E-state index contributed by atoms with van der Waals surface area (Å²) >= 11 is 0. The van der Waals surface area contributed by atoms with Crippen LogP contribution in [0.4, 0.5) is 0 Å². The molecular weight excluding hydrogens is 568 g/mol. The number of benzene rings is 2. The van der Waals surface area contributed by atoms with Gasteiger partial charge < -0.3 is 75.1 Å². The van der Waals surface area contributed by atoms with Gasteiger partial charge in [0, 0.05) is 24.3 Å². The fourth-order valence-corrected chi connectivity index (χ4v) is 4.71. The van der Waals surface area contributed by atoms with Crippen molar-refractivity contribution < 1.29 is 79.5 Å². The Morgan fingerprint density at radius 2 is 1.45 bits per heavy atom. The molecule has 2 saturated heterocycles. The number of hydrogen-bond donors (Lipinski definition) is 11. The van der Waals surface area contributed by atoms with Crippen LogP contribution in [0.25, 0.3) is 22.3 Å². The molecule has 0 unspecified atom stereocenters. The SMILES string of the molecule is OC[C@H]1O[C@@H](Oc2cc3c(O)cc(O)cc3[o+]c2-c2cc(O)c(O)c(O)c2)[C@H](O)[C@@H](O)[C@@H]1O[C@@H]1OC[C@@H](O)[C@H](O)[C@H]1O. The van der Waals surface area contributed by atoms with Gasteiger partial charge in [-0.25, -0.2) is 4.42 Å². The summed E-state index contributed by atoms with van der Waals surface area (Å²) in [6.45, 7) is -1.21. The van der Waals surface area contributed by atoms with E-state index in [4.69, 9.17) is 23.4 Å². The minimum absolute atomic E-state index is 0.00807. The summed E-state index contributed by atoms with van der Waals surface area (Å²) in [6.07, 6.45) is -14.7. The summed E-state index contributed by atoms with van der Waals surface area (Å²) in [7, 11) is 0. The second kappa shape index (κ2) is 11.5. The van der Waals surface area contributed by atoms with E-state index in [1.54, 1.807) is 0 Å². The molecule has 2 aromatic carbocycles. The zero-order valence-electron chi connectivity index (χ0n) is 21.5. The van der Waals surface area contributed by atoms with Gasteiger partial charge in [0.25, 0.3) is 0 Å². The van der Waals surface area contributed by atoms with Crippen molar-refractivity contribution in [1.82, 2.24) is 0 Å². The maximum absolute atomic E-state index is 10.9. The van der Waals surface area contributed by atoms with Crippen molar-refractivity contribution in [2.75, 3.05) is 13.2 Å². The number of aliphatic hydroxyl groups is 6. The molecule has 0 bridgehead atoms. The van der Waals surface area contributed by atoms with E-state index in [1.165, 1.54) is 6.07 Å². The predicted octanol–water partition coefficient (Wildman–Crippen LogP) is -1.45. The van der Waals surface area contributed by atoms with E-state index < -0.39 is 91.5 Å². The van der Waals surface area contributed by atoms with Gasteiger partial charge in [0.05, 0.1) is 24.8 Å². The molecule has 2 aliphatic rings. The minimum Gasteiger partial charge on any atom is -0.507 e. The molecule has 5 rings (SSSR count). The number of ether oxygens (including phenoxy) is 4. The number of hydrogen-bond acceptors (Lipinski definition) is 15. The molecule has 0 aliphatic carbocycles. The highest BCUT2D eigenvalue weighted by atomic mass is 16.7. The Morgan fingerprint density at radius 3 is 2.12 bits per heavy atom. The lowest BCUT2D eigenvalue weighted by atomic mass is 9.98. The van der Waals surface area contributed by atoms with Gasteiger partial charge in [0.2, 0.25) is 12.0 Å². The molecule has 228 valence electrons. The van der Waals surface area contributed by atoms with E-state index in [9.17, 15) is 56.2 Å². The second-order valence-electron chi connectivity index (χ2n) is 9.86. The zero-order chi connectivity index (χ0) is 30.5. The average molecular weight is 598 g/mol. The Morgan fingerprint density at radius 1 is 0.786 bits per heavy atom. The van der Waals surface area contributed by atoms with Crippen LogP contribution in [0.15, 0.2) is 34.7 Å². The lowest BCUT2D eigenvalue weighted by molar-refractivity contribution is -0.339. The normalized spacial score (nSPS) is 31.7. The highest BCUT2D eigenvalue weighted by Gasteiger charge is 2.50. The van der Waals surface area contributed by atoms with Crippen molar-refractivity contribution in [1.29, 1.82) is 0 Å². The van der Waals surface area contributed by atoms with Gasteiger partial charge >= 0.3 is 11.3 Å². The van der Waals surface area contributed by atoms with Crippen LogP contribution in [0, 0.1) is 0 Å². The van der Waals surface area contributed by atoms with Gasteiger partial charge in [0.15, 0.2) is 23.5 Å². The third-order valence-electron chi connectivity index (χ3n) is 6.96. The van der Waals surface area contributed by atoms with Crippen molar-refractivity contribution in [3.05, 3.63) is 30.3 Å². The summed E-state index contributed by atoms with van der Waals surface area (Å²) in [5.41, 5.74) is -0.149. The van der Waals surface area contributed by atoms with E-state index in [1.807, 2.05) is 0 Å². The molecule has 16 heteroatoms. The van der Waals surface area contributed by atoms with Crippen LogP contribution < -0.4 is 4.74 Å². The van der Waals surface area contributed by atoms with Crippen molar-refractivity contribution in [3.63, 3.8) is 0 Å². The Balaban J connectivity index is 1.48. The lowest BCUT2D eigenvalue weighted by Gasteiger charge is -2.44. The Labute approximate surface area is 235 Å². The number of aromatic hydroxyl groups is 5. The molecule has 11 N–H and O–H groups in total. The highest BCUT2D eigenvalue weighted by molar-refractivity contribution is 5.88. The van der Waals surface area contributed by atoms with E-state index in [0.29, 0.717) is 0 Å². The first-order chi connectivity index (χ1) is 19.9. The summed E-state index contributed by atoms with van der Waals surface area (Å²) in [5.74, 6) is -3.64. The fraction of sp³-hybridized carbons (Fsp3) is 0.423. The summed E-state index contributed by atoms with van der Waals surface area (Å²) < 4.78 is 27.9. The lowest BCUT2D eigenvalue weighted by Crippen LogP contribution is -2.63. The molecule has 3 aromatic rings. The first kappa shape index (κ1) is 29.8. The van der Waals surface area contributed by atoms with E-state index in [0.717, 1.165) is 24.3 Å². The van der Waals surface area contributed by atoms with Gasteiger partial charge in [-0.05, 0) is 0 Å². The first-order valence-electron chi connectivity index (χ1n) is 12.6. The molecule has 16 nitrogen and oxygen atoms in total. The Bertz CT molecular complexity index is 1420. The molecule has 1 aromatic heterocycles. The smallest absolute Gasteiger partial charge is 0.402 e. The monoisotopic (exact) mass is 597 g/mol. The number of phenolic OH excluding ortho intramolecular Hbond substituents is 5. The van der Waals surface area contributed by atoms with Crippen LogP contribution in [0.5, 0.6) is 34.5 Å². The summed E-state index contributed by atoms with van der Waals surface area (Å²) in [5, 5.41) is 112. The highest BCUT2D eigenvalue weighted by Crippen LogP contribution is 2.45. The maximum atomic E-state index is 10.9. The van der Waals surface area contributed by atoms with Crippen LogP contribution in [0.1, 0.15) is 0 Å². The molecule has 0 spiro atoms. The van der Waals surface area contributed by atoms with Gasteiger partial charge in [-0.15, -0.1) is 0 Å². The third kappa shape index (κ3) is 5.42. The topological polar surface area (TPSA) is 271 Å². The largest absolute Gasteiger partial charge is 0.507 e. The number of aliphatic hydroxyl groups excluding tert-OH is 6.